The summed E-state index contributed by atoms with van der Waals surface area (Å²) in [5, 5.41) is 0. The topological polar surface area (TPSA) is 35.5 Å². The van der Waals surface area contributed by atoms with E-state index in [0.717, 1.165) is 0 Å². The van der Waals surface area contributed by atoms with E-state index < -0.39 is 18.8 Å². The van der Waals surface area contributed by atoms with E-state index in [1.54, 1.807) is 42.5 Å². The van der Waals surface area contributed by atoms with Gasteiger partial charge in [-0.05, 0) is 23.8 Å². The molecule has 0 heterocycles. The fourth-order valence-corrected chi connectivity index (χ4v) is 1.88. The Kier molecular flexibility index (Phi) is 4.70. The number of hydrogen-bond donors (Lipinski definition) is 0. The molecule has 2 aromatic carbocycles. The molecular formula is C16H13F3O3. The standard InChI is InChI=1S/C16H13F3O3/c1-11(20)22-13-6-4-5-12(9-13)14-7-2-3-8-15(14)21-10-16(17,18)19/h2-9H,10H2,1H3. The highest BCUT2D eigenvalue weighted by molar-refractivity contribution is 5.74. The first-order valence-corrected chi connectivity index (χ1v) is 6.42. The summed E-state index contributed by atoms with van der Waals surface area (Å²) in [6.45, 7) is -0.0965. The Morgan fingerprint density at radius 1 is 1.09 bits per heavy atom. The summed E-state index contributed by atoms with van der Waals surface area (Å²) >= 11 is 0. The molecule has 2 rings (SSSR count). The summed E-state index contributed by atoms with van der Waals surface area (Å²) in [6, 6.07) is 12.9. The van der Waals surface area contributed by atoms with E-state index in [4.69, 9.17) is 9.47 Å². The number of benzene rings is 2. The number of rotatable bonds is 4. The zero-order chi connectivity index (χ0) is 16.2. The van der Waals surface area contributed by atoms with Gasteiger partial charge in [-0.2, -0.15) is 13.2 Å². The molecule has 0 unspecified atom stereocenters. The number of esters is 1. The number of carbonyl (C=O) groups is 1. The third kappa shape index (κ3) is 4.51. The van der Waals surface area contributed by atoms with Crippen LogP contribution in [-0.4, -0.2) is 18.8 Å². The van der Waals surface area contributed by atoms with Crippen LogP contribution in [0.25, 0.3) is 11.1 Å². The number of hydrogen-bond acceptors (Lipinski definition) is 3. The maximum Gasteiger partial charge on any atom is 0.422 e. The monoisotopic (exact) mass is 310 g/mol. The molecule has 0 aliphatic rings. The van der Waals surface area contributed by atoms with Crippen molar-refractivity contribution in [2.24, 2.45) is 0 Å². The summed E-state index contributed by atoms with van der Waals surface area (Å²) in [7, 11) is 0. The number of alkyl halides is 3. The first-order valence-electron chi connectivity index (χ1n) is 6.42. The minimum Gasteiger partial charge on any atom is -0.483 e. The highest BCUT2D eigenvalue weighted by Gasteiger charge is 2.28. The smallest absolute Gasteiger partial charge is 0.422 e. The van der Waals surface area contributed by atoms with Gasteiger partial charge >= 0.3 is 12.1 Å². The number of para-hydroxylation sites is 1. The van der Waals surface area contributed by atoms with Crippen LogP contribution >= 0.6 is 0 Å². The van der Waals surface area contributed by atoms with Crippen molar-refractivity contribution in [3.05, 3.63) is 48.5 Å². The molecule has 0 amide bonds. The zero-order valence-corrected chi connectivity index (χ0v) is 11.7. The molecule has 3 nitrogen and oxygen atoms in total. The van der Waals surface area contributed by atoms with E-state index in [-0.39, 0.29) is 5.75 Å². The van der Waals surface area contributed by atoms with Crippen LogP contribution in [0.5, 0.6) is 11.5 Å². The van der Waals surface area contributed by atoms with E-state index in [2.05, 4.69) is 0 Å². The minimum atomic E-state index is -4.41. The van der Waals surface area contributed by atoms with Crippen molar-refractivity contribution < 1.29 is 27.4 Å². The molecule has 0 atom stereocenters. The van der Waals surface area contributed by atoms with Gasteiger partial charge in [0, 0.05) is 12.5 Å². The molecule has 0 radical (unpaired) electrons. The van der Waals surface area contributed by atoms with E-state index in [0.29, 0.717) is 16.9 Å². The largest absolute Gasteiger partial charge is 0.483 e. The maximum absolute atomic E-state index is 12.3. The lowest BCUT2D eigenvalue weighted by Gasteiger charge is -2.13. The molecule has 2 aromatic rings. The Morgan fingerprint density at radius 2 is 1.82 bits per heavy atom. The van der Waals surface area contributed by atoms with Gasteiger partial charge in [0.1, 0.15) is 11.5 Å². The first-order chi connectivity index (χ1) is 10.3. The van der Waals surface area contributed by atoms with Crippen molar-refractivity contribution in [3.8, 4) is 22.6 Å². The number of carbonyl (C=O) groups excluding carboxylic acids is 1. The Hall–Kier alpha value is -2.50. The highest BCUT2D eigenvalue weighted by atomic mass is 19.4. The molecule has 0 fully saturated rings. The van der Waals surface area contributed by atoms with Crippen LogP contribution in [0.3, 0.4) is 0 Å². The van der Waals surface area contributed by atoms with Gasteiger partial charge < -0.3 is 9.47 Å². The average Bonchev–Trinajstić information content (AvgIpc) is 2.44. The third-order valence-corrected chi connectivity index (χ3v) is 2.69. The van der Waals surface area contributed by atoms with Crippen molar-refractivity contribution in [1.29, 1.82) is 0 Å². The summed E-state index contributed by atoms with van der Waals surface area (Å²) in [5.41, 5.74) is 1.08. The molecule has 22 heavy (non-hydrogen) atoms. The normalized spacial score (nSPS) is 11.1. The van der Waals surface area contributed by atoms with Crippen LogP contribution in [0.15, 0.2) is 48.5 Å². The van der Waals surface area contributed by atoms with Gasteiger partial charge in [-0.15, -0.1) is 0 Å². The zero-order valence-electron chi connectivity index (χ0n) is 11.7. The van der Waals surface area contributed by atoms with Crippen LogP contribution in [0.2, 0.25) is 0 Å². The summed E-state index contributed by atoms with van der Waals surface area (Å²) in [6.07, 6.45) is -4.41. The van der Waals surface area contributed by atoms with Crippen LogP contribution in [-0.2, 0) is 4.79 Å². The van der Waals surface area contributed by atoms with Crippen molar-refractivity contribution in [2.75, 3.05) is 6.61 Å². The molecule has 0 aromatic heterocycles. The maximum atomic E-state index is 12.3. The fourth-order valence-electron chi connectivity index (χ4n) is 1.88. The lowest BCUT2D eigenvalue weighted by Crippen LogP contribution is -2.19. The van der Waals surface area contributed by atoms with Gasteiger partial charge in [-0.3, -0.25) is 4.79 Å². The van der Waals surface area contributed by atoms with Gasteiger partial charge in [0.15, 0.2) is 6.61 Å². The molecule has 116 valence electrons. The van der Waals surface area contributed by atoms with Gasteiger partial charge in [0.05, 0.1) is 0 Å². The summed E-state index contributed by atoms with van der Waals surface area (Å²) in [4.78, 5) is 11.0. The second kappa shape index (κ2) is 6.51. The Labute approximate surface area is 125 Å². The van der Waals surface area contributed by atoms with Crippen molar-refractivity contribution in [1.82, 2.24) is 0 Å². The lowest BCUT2D eigenvalue weighted by molar-refractivity contribution is -0.153. The molecule has 0 aliphatic heterocycles. The fraction of sp³-hybridized carbons (Fsp3) is 0.188. The van der Waals surface area contributed by atoms with Crippen LogP contribution < -0.4 is 9.47 Å². The molecular weight excluding hydrogens is 297 g/mol. The molecule has 0 bridgehead atoms. The molecule has 0 saturated heterocycles. The molecule has 0 saturated carbocycles. The first kappa shape index (κ1) is 15.9. The van der Waals surface area contributed by atoms with Crippen LogP contribution in [0, 0.1) is 0 Å². The third-order valence-electron chi connectivity index (χ3n) is 2.69. The van der Waals surface area contributed by atoms with Gasteiger partial charge in [-0.25, -0.2) is 0 Å². The predicted octanol–water partition coefficient (Wildman–Crippen LogP) is 4.22. The van der Waals surface area contributed by atoms with Crippen molar-refractivity contribution in [3.63, 3.8) is 0 Å². The molecule has 0 aliphatic carbocycles. The van der Waals surface area contributed by atoms with E-state index >= 15 is 0 Å². The Morgan fingerprint density at radius 3 is 2.50 bits per heavy atom. The molecule has 0 spiro atoms. The van der Waals surface area contributed by atoms with Crippen molar-refractivity contribution in [2.45, 2.75) is 13.1 Å². The molecule has 0 N–H and O–H groups in total. The van der Waals surface area contributed by atoms with Crippen LogP contribution in [0.4, 0.5) is 13.2 Å². The number of ether oxygens (including phenoxy) is 2. The Balaban J connectivity index is 2.30. The lowest BCUT2D eigenvalue weighted by atomic mass is 10.0. The van der Waals surface area contributed by atoms with E-state index in [9.17, 15) is 18.0 Å². The van der Waals surface area contributed by atoms with Gasteiger partial charge in [-0.1, -0.05) is 30.3 Å². The van der Waals surface area contributed by atoms with Gasteiger partial charge in [0.25, 0.3) is 0 Å². The van der Waals surface area contributed by atoms with E-state index in [1.165, 1.54) is 13.0 Å². The average molecular weight is 310 g/mol. The molecule has 6 heteroatoms. The second-order valence-electron chi connectivity index (χ2n) is 4.52. The highest BCUT2D eigenvalue weighted by Crippen LogP contribution is 2.32. The van der Waals surface area contributed by atoms with Crippen LogP contribution in [0.1, 0.15) is 6.92 Å². The predicted molar refractivity (Wildman–Crippen MR) is 74.7 cm³/mol. The van der Waals surface area contributed by atoms with E-state index in [1.807, 2.05) is 0 Å². The quantitative estimate of drug-likeness (QED) is 0.626. The van der Waals surface area contributed by atoms with Crippen molar-refractivity contribution >= 4 is 5.97 Å². The van der Waals surface area contributed by atoms with Gasteiger partial charge in [0.2, 0.25) is 0 Å². The SMILES string of the molecule is CC(=O)Oc1cccc(-c2ccccc2OCC(F)(F)F)c1. The minimum absolute atomic E-state index is 0.111. The number of halogens is 3. The summed E-state index contributed by atoms with van der Waals surface area (Å²) < 4.78 is 46.7. The summed E-state index contributed by atoms with van der Waals surface area (Å²) in [5.74, 6) is -0.0471. The second-order valence-corrected chi connectivity index (χ2v) is 4.52. The Bertz CT molecular complexity index is 666.